The second-order valence-corrected chi connectivity index (χ2v) is 20.4. The third-order valence-electron chi connectivity index (χ3n) is 10.6. The molecule has 312 valence electrons. The minimum absolute atomic E-state index is 0.0507. The Balaban J connectivity index is 0.000000973. The van der Waals surface area contributed by atoms with Gasteiger partial charge < -0.3 is 10.2 Å². The van der Waals surface area contributed by atoms with Gasteiger partial charge in [0.2, 0.25) is 6.41 Å². The van der Waals surface area contributed by atoms with Crippen LogP contribution >= 0.6 is 46.1 Å². The van der Waals surface area contributed by atoms with E-state index in [1.807, 2.05) is 17.1 Å². The predicted octanol–water partition coefficient (Wildman–Crippen LogP) is 9.79. The van der Waals surface area contributed by atoms with Crippen LogP contribution in [0.25, 0.3) is 11.1 Å². The topological polar surface area (TPSA) is 75.9 Å². The lowest BCUT2D eigenvalue weighted by atomic mass is 9.88. The zero-order valence-corrected chi connectivity index (χ0v) is 38.7. The lowest BCUT2D eigenvalue weighted by Crippen LogP contribution is -2.18. The summed E-state index contributed by atoms with van der Waals surface area (Å²) in [5.41, 5.74) is 14.2. The fraction of sp³-hybridized carbons (Fsp3) is 0.404. The van der Waals surface area contributed by atoms with E-state index in [9.17, 15) is 4.79 Å². The highest BCUT2D eigenvalue weighted by Gasteiger charge is 2.15. The van der Waals surface area contributed by atoms with Gasteiger partial charge in [0.1, 0.15) is 0 Å². The van der Waals surface area contributed by atoms with Crippen LogP contribution in [0.15, 0.2) is 78.1 Å². The van der Waals surface area contributed by atoms with Crippen LogP contribution in [0.2, 0.25) is 5.02 Å². The molecule has 2 aromatic heterocycles. The van der Waals surface area contributed by atoms with Gasteiger partial charge in [-0.15, -0.1) is 5.10 Å². The SMILES string of the molecule is C=S(=C)(C)c1cncc(CCc2cc(CCc3cccc(-c4cccc(CCc5cn(CCCC)nn5)c4C)c3C)c(Cl)cc2CN(C)CC)c1.O=CNCC(S)S. The first-order valence-electron chi connectivity index (χ1n) is 20.2. The average Bonchev–Trinajstić information content (AvgIpc) is 3.66. The number of rotatable bonds is 20. The van der Waals surface area contributed by atoms with Crippen LogP contribution in [-0.4, -0.2) is 74.0 Å². The van der Waals surface area contributed by atoms with Gasteiger partial charge >= 0.3 is 0 Å². The van der Waals surface area contributed by atoms with Crippen molar-refractivity contribution in [3.05, 3.63) is 128 Å². The van der Waals surface area contributed by atoms with E-state index in [0.717, 1.165) is 86.6 Å². The van der Waals surface area contributed by atoms with Crippen LogP contribution in [0.3, 0.4) is 0 Å². The molecule has 0 bridgehead atoms. The predicted molar refractivity (Wildman–Crippen MR) is 258 cm³/mol. The number of hydrogen-bond donors (Lipinski definition) is 3. The maximum atomic E-state index is 9.53. The van der Waals surface area contributed by atoms with Gasteiger partial charge in [-0.3, -0.25) is 14.5 Å². The Morgan fingerprint density at radius 1 is 0.879 bits per heavy atom. The molecule has 58 heavy (non-hydrogen) atoms. The van der Waals surface area contributed by atoms with Gasteiger partial charge in [-0.1, -0.05) is 91.3 Å². The summed E-state index contributed by atoms with van der Waals surface area (Å²) in [5.74, 6) is 8.58. The first-order chi connectivity index (χ1) is 27.7. The maximum Gasteiger partial charge on any atom is 0.207 e. The van der Waals surface area contributed by atoms with Gasteiger partial charge in [-0.05, 0) is 146 Å². The lowest BCUT2D eigenvalue weighted by Gasteiger charge is -2.20. The standard InChI is InChI=1S/C44H56ClN5S.C3H7NOS2/c1-9-11-24-50-31-40(47-48-50)23-22-36-15-13-17-43(33(36)4)42-16-12-14-35(32(42)3)20-21-38-26-37(39(27-44(38)45)30-49(5)10-2)19-18-34-25-41(29-46-28-34)51(6,7)8;5-2-4-1-3(6)7/h12-17,25-29,31H,6-7,9-11,18-24,30H2,1-5,8H3;2-3,6-7H,1H2,(H,4,5). The Kier molecular flexibility index (Phi) is 18.9. The van der Waals surface area contributed by atoms with E-state index in [1.54, 1.807) is 0 Å². The monoisotopic (exact) mass is 858 g/mol. The summed E-state index contributed by atoms with van der Waals surface area (Å²) in [4.78, 5) is 17.5. The van der Waals surface area contributed by atoms with Gasteiger partial charge in [0, 0.05) is 48.1 Å². The molecule has 0 fully saturated rings. The molecule has 0 atom stereocenters. The van der Waals surface area contributed by atoms with E-state index in [4.69, 9.17) is 11.6 Å². The van der Waals surface area contributed by atoms with Crippen molar-refractivity contribution in [1.29, 1.82) is 0 Å². The van der Waals surface area contributed by atoms with E-state index in [2.05, 4.69) is 164 Å². The number of pyridine rings is 1. The minimum atomic E-state index is -1.32. The second-order valence-electron chi connectivity index (χ2n) is 15.4. The third-order valence-corrected chi connectivity index (χ3v) is 12.7. The Hall–Kier alpha value is -3.54. The van der Waals surface area contributed by atoms with Crippen molar-refractivity contribution in [2.45, 2.75) is 102 Å². The van der Waals surface area contributed by atoms with Gasteiger partial charge in [0.25, 0.3) is 0 Å². The van der Waals surface area contributed by atoms with Gasteiger partial charge in [0.05, 0.1) is 10.3 Å². The highest BCUT2D eigenvalue weighted by Crippen LogP contribution is 2.33. The highest BCUT2D eigenvalue weighted by atomic mass is 35.5. The summed E-state index contributed by atoms with van der Waals surface area (Å²) >= 11 is 14.8. The van der Waals surface area contributed by atoms with E-state index >= 15 is 0 Å². The zero-order chi connectivity index (χ0) is 42.2. The van der Waals surface area contributed by atoms with Crippen LogP contribution in [0.5, 0.6) is 0 Å². The van der Waals surface area contributed by atoms with Crippen LogP contribution < -0.4 is 5.32 Å². The number of thiol groups is 2. The van der Waals surface area contributed by atoms with Gasteiger partial charge in [0.15, 0.2) is 0 Å². The van der Waals surface area contributed by atoms with Gasteiger partial charge in [-0.2, -0.15) is 34.5 Å². The number of nitrogens with zero attached hydrogens (tertiary/aromatic N) is 5. The number of halogens is 1. The number of benzene rings is 3. The van der Waals surface area contributed by atoms with Crippen molar-refractivity contribution < 1.29 is 4.79 Å². The molecule has 1 amide bonds. The quantitative estimate of drug-likeness (QED) is 0.0315. The molecule has 0 aliphatic heterocycles. The van der Waals surface area contributed by atoms with Crippen LogP contribution in [0.4, 0.5) is 0 Å². The number of aryl methyl sites for hydroxylation is 7. The van der Waals surface area contributed by atoms with Gasteiger partial charge in [-0.25, -0.2) is 0 Å². The number of carbonyl (C=O) groups is 1. The molecule has 3 aromatic carbocycles. The first-order valence-corrected chi connectivity index (χ1v) is 24.0. The fourth-order valence-electron chi connectivity index (χ4n) is 6.89. The molecular weight excluding hydrogens is 796 g/mol. The Bertz CT molecular complexity index is 2200. The van der Waals surface area contributed by atoms with E-state index in [1.165, 1.54) is 55.6 Å². The molecule has 5 aromatic rings. The molecule has 7 nitrogen and oxygen atoms in total. The number of unbranched alkanes of at least 4 members (excludes halogenated alkanes) is 1. The molecule has 0 radical (unpaired) electrons. The summed E-state index contributed by atoms with van der Waals surface area (Å²) in [6.07, 6.45) is 16.5. The molecule has 1 N–H and O–H groups in total. The third kappa shape index (κ3) is 14.3. The number of carbonyl (C=O) groups excluding carboxylic acids is 1. The number of nitrogens with one attached hydrogen (secondary N) is 1. The van der Waals surface area contributed by atoms with Crippen molar-refractivity contribution >= 4 is 64.2 Å². The van der Waals surface area contributed by atoms with Crippen molar-refractivity contribution in [3.63, 3.8) is 0 Å². The summed E-state index contributed by atoms with van der Waals surface area (Å²) in [6.45, 7) is 12.2. The molecule has 5 rings (SSSR count). The van der Waals surface area contributed by atoms with E-state index in [-0.39, 0.29) is 4.58 Å². The Morgan fingerprint density at radius 2 is 1.52 bits per heavy atom. The maximum absolute atomic E-state index is 9.53. The molecule has 0 saturated carbocycles. The van der Waals surface area contributed by atoms with E-state index < -0.39 is 9.21 Å². The first kappa shape index (κ1) is 47.1. The van der Waals surface area contributed by atoms with Crippen molar-refractivity contribution in [1.82, 2.24) is 30.2 Å². The zero-order valence-electron chi connectivity index (χ0n) is 35.3. The van der Waals surface area contributed by atoms with Crippen molar-refractivity contribution in [2.24, 2.45) is 0 Å². The summed E-state index contributed by atoms with van der Waals surface area (Å²) in [5, 5.41) is 12.0. The number of amides is 1. The molecule has 11 heteroatoms. The van der Waals surface area contributed by atoms with Crippen molar-refractivity contribution in [3.8, 4) is 11.1 Å². The number of aromatic nitrogens is 4. The normalized spacial score (nSPS) is 11.5. The smallest absolute Gasteiger partial charge is 0.207 e. The molecule has 0 saturated heterocycles. The average molecular weight is 860 g/mol. The molecule has 2 heterocycles. The molecular formula is C47H63ClN6OS3. The summed E-state index contributed by atoms with van der Waals surface area (Å²) in [6, 6.07) is 20.3. The number of hydrogen-bond acceptors (Lipinski definition) is 7. The largest absolute Gasteiger partial charge is 0.357 e. The summed E-state index contributed by atoms with van der Waals surface area (Å²) in [7, 11) is 0.848. The Morgan fingerprint density at radius 3 is 2.10 bits per heavy atom. The minimum Gasteiger partial charge on any atom is -0.357 e. The van der Waals surface area contributed by atoms with Crippen LogP contribution in [0, 0.1) is 13.8 Å². The van der Waals surface area contributed by atoms with E-state index in [0.29, 0.717) is 13.0 Å². The molecule has 0 aliphatic carbocycles. The molecule has 0 unspecified atom stereocenters. The summed E-state index contributed by atoms with van der Waals surface area (Å²) < 4.78 is 1.93. The molecule has 0 aliphatic rings. The molecule has 0 spiro atoms. The second kappa shape index (κ2) is 23.3. The lowest BCUT2D eigenvalue weighted by molar-refractivity contribution is -0.109. The Labute approximate surface area is 364 Å². The van der Waals surface area contributed by atoms with Crippen LogP contribution in [-0.2, 0) is 56.4 Å². The van der Waals surface area contributed by atoms with Crippen LogP contribution in [0.1, 0.15) is 76.9 Å². The highest BCUT2D eigenvalue weighted by molar-refractivity contribution is 8.27. The van der Waals surface area contributed by atoms with Crippen molar-refractivity contribution in [2.75, 3.05) is 26.4 Å². The fourth-order valence-corrected chi connectivity index (χ4v) is 8.14.